The highest BCUT2D eigenvalue weighted by atomic mass is 32.2. The smallest absolute Gasteiger partial charge is 0.251 e. The van der Waals surface area contributed by atoms with E-state index in [-0.39, 0.29) is 16.9 Å². The molecule has 2 aromatic rings. The third kappa shape index (κ3) is 6.06. The van der Waals surface area contributed by atoms with E-state index >= 15 is 0 Å². The lowest BCUT2D eigenvalue weighted by Gasteiger charge is -2.20. The minimum Gasteiger partial charge on any atom is -0.491 e. The van der Waals surface area contributed by atoms with Crippen molar-refractivity contribution in [2.24, 2.45) is 0 Å². The Morgan fingerprint density at radius 2 is 1.70 bits per heavy atom. The van der Waals surface area contributed by atoms with Crippen LogP contribution in [-0.4, -0.2) is 44.4 Å². The Bertz CT molecular complexity index is 950. The van der Waals surface area contributed by atoms with Gasteiger partial charge in [0, 0.05) is 25.2 Å². The second-order valence-corrected chi connectivity index (χ2v) is 9.29. The Balaban J connectivity index is 2.04. The lowest BCUT2D eigenvalue weighted by atomic mass is 10.1. The number of sulfonamides is 1. The SMILES string of the molecule is CCN(CC)S(=O)(=O)c1cc(C(=O)NCCc2ccc(OC(C)C)cc2)ccc1C. The van der Waals surface area contributed by atoms with Crippen LogP contribution in [0.25, 0.3) is 0 Å². The molecule has 0 radical (unpaired) electrons. The van der Waals surface area contributed by atoms with Crippen LogP contribution in [0.15, 0.2) is 47.4 Å². The number of benzene rings is 2. The molecule has 0 aromatic heterocycles. The molecule has 0 fully saturated rings. The van der Waals surface area contributed by atoms with E-state index in [9.17, 15) is 13.2 Å². The highest BCUT2D eigenvalue weighted by Gasteiger charge is 2.24. The maximum Gasteiger partial charge on any atom is 0.251 e. The van der Waals surface area contributed by atoms with E-state index in [1.165, 1.54) is 10.4 Å². The normalized spacial score (nSPS) is 11.7. The van der Waals surface area contributed by atoms with Gasteiger partial charge in [-0.3, -0.25) is 4.79 Å². The molecule has 6 nitrogen and oxygen atoms in total. The van der Waals surface area contributed by atoms with Crippen LogP contribution >= 0.6 is 0 Å². The monoisotopic (exact) mass is 432 g/mol. The van der Waals surface area contributed by atoms with Crippen LogP contribution in [0, 0.1) is 6.92 Å². The number of aryl methyl sites for hydroxylation is 1. The summed E-state index contributed by atoms with van der Waals surface area (Å²) in [6.07, 6.45) is 0.796. The minimum atomic E-state index is -3.62. The molecule has 0 atom stereocenters. The fraction of sp³-hybridized carbons (Fsp3) is 0.435. The quantitative estimate of drug-likeness (QED) is 0.620. The second-order valence-electron chi connectivity index (χ2n) is 7.39. The fourth-order valence-corrected chi connectivity index (χ4v) is 4.86. The molecular weight excluding hydrogens is 400 g/mol. The van der Waals surface area contributed by atoms with Gasteiger partial charge in [0.2, 0.25) is 10.0 Å². The Labute approximate surface area is 180 Å². The maximum absolute atomic E-state index is 12.9. The Kier molecular flexibility index (Phi) is 8.43. The van der Waals surface area contributed by atoms with Crippen molar-refractivity contribution in [2.45, 2.75) is 52.0 Å². The van der Waals surface area contributed by atoms with Crippen LogP contribution in [0.3, 0.4) is 0 Å². The molecule has 0 bridgehead atoms. The summed E-state index contributed by atoms with van der Waals surface area (Å²) in [5.41, 5.74) is 2.05. The van der Waals surface area contributed by atoms with Gasteiger partial charge in [-0.15, -0.1) is 0 Å². The molecule has 0 aliphatic carbocycles. The van der Waals surface area contributed by atoms with Gasteiger partial charge < -0.3 is 10.1 Å². The van der Waals surface area contributed by atoms with Gasteiger partial charge in [-0.1, -0.05) is 32.0 Å². The average Bonchev–Trinajstić information content (AvgIpc) is 2.69. The number of nitrogens with one attached hydrogen (secondary N) is 1. The molecule has 2 aromatic carbocycles. The van der Waals surface area contributed by atoms with E-state index < -0.39 is 10.0 Å². The van der Waals surface area contributed by atoms with Gasteiger partial charge in [-0.25, -0.2) is 8.42 Å². The lowest BCUT2D eigenvalue weighted by molar-refractivity contribution is 0.0954. The number of hydrogen-bond donors (Lipinski definition) is 1. The molecule has 0 aliphatic rings. The molecule has 7 heteroatoms. The van der Waals surface area contributed by atoms with E-state index in [2.05, 4.69) is 5.32 Å². The van der Waals surface area contributed by atoms with Crippen molar-refractivity contribution in [3.8, 4) is 5.75 Å². The van der Waals surface area contributed by atoms with Crippen LogP contribution in [0.2, 0.25) is 0 Å². The van der Waals surface area contributed by atoms with Gasteiger partial charge >= 0.3 is 0 Å². The summed E-state index contributed by atoms with van der Waals surface area (Å²) in [6, 6.07) is 12.6. The number of hydrogen-bond acceptors (Lipinski definition) is 4. The van der Waals surface area contributed by atoms with Gasteiger partial charge in [0.05, 0.1) is 11.0 Å². The molecule has 0 aliphatic heterocycles. The zero-order chi connectivity index (χ0) is 22.3. The van der Waals surface area contributed by atoms with Crippen LogP contribution in [0.5, 0.6) is 5.75 Å². The topological polar surface area (TPSA) is 75.7 Å². The minimum absolute atomic E-state index is 0.125. The number of carbonyl (C=O) groups excluding carboxylic acids is 1. The molecular formula is C23H32N2O4S. The maximum atomic E-state index is 12.9. The van der Waals surface area contributed by atoms with Gasteiger partial charge in [-0.05, 0) is 62.6 Å². The first-order chi connectivity index (χ1) is 14.2. The van der Waals surface area contributed by atoms with Crippen molar-refractivity contribution >= 4 is 15.9 Å². The van der Waals surface area contributed by atoms with E-state index in [1.54, 1.807) is 32.9 Å². The molecule has 30 heavy (non-hydrogen) atoms. The summed E-state index contributed by atoms with van der Waals surface area (Å²) in [6.45, 7) is 10.5. The number of ether oxygens (including phenoxy) is 1. The zero-order valence-corrected chi connectivity index (χ0v) is 19.3. The van der Waals surface area contributed by atoms with Crippen LogP contribution in [0.4, 0.5) is 0 Å². The first kappa shape index (κ1) is 23.9. The van der Waals surface area contributed by atoms with Crippen molar-refractivity contribution in [1.29, 1.82) is 0 Å². The van der Waals surface area contributed by atoms with Crippen LogP contribution in [0.1, 0.15) is 49.2 Å². The summed E-state index contributed by atoms with van der Waals surface area (Å²) >= 11 is 0. The number of carbonyl (C=O) groups is 1. The van der Waals surface area contributed by atoms with Crippen molar-refractivity contribution in [3.05, 3.63) is 59.2 Å². The molecule has 0 spiro atoms. The van der Waals surface area contributed by atoms with Gasteiger partial charge in [0.15, 0.2) is 0 Å². The third-order valence-corrected chi connectivity index (χ3v) is 6.96. The summed E-state index contributed by atoms with van der Waals surface area (Å²) < 4.78 is 32.8. The number of rotatable bonds is 10. The van der Waals surface area contributed by atoms with Crippen molar-refractivity contribution in [2.75, 3.05) is 19.6 Å². The highest BCUT2D eigenvalue weighted by Crippen LogP contribution is 2.21. The first-order valence-corrected chi connectivity index (χ1v) is 11.8. The van der Waals surface area contributed by atoms with Gasteiger partial charge in [0.1, 0.15) is 5.75 Å². The van der Waals surface area contributed by atoms with Crippen LogP contribution in [-0.2, 0) is 16.4 Å². The van der Waals surface area contributed by atoms with E-state index in [0.717, 1.165) is 11.3 Å². The average molecular weight is 433 g/mol. The molecule has 0 saturated heterocycles. The summed E-state index contributed by atoms with van der Waals surface area (Å²) in [5.74, 6) is 0.533. The summed E-state index contributed by atoms with van der Waals surface area (Å²) in [5, 5.41) is 2.87. The standard InChI is InChI=1S/C23H32N2O4S/c1-6-25(7-2)30(27,28)22-16-20(11-8-18(22)5)23(26)24-15-14-19-9-12-21(13-10-19)29-17(3)4/h8-13,16-17H,6-7,14-15H2,1-5H3,(H,24,26). The number of amides is 1. The molecule has 1 amide bonds. The van der Waals surface area contributed by atoms with Crippen molar-refractivity contribution in [1.82, 2.24) is 9.62 Å². The van der Waals surface area contributed by atoms with E-state index in [4.69, 9.17) is 4.74 Å². The Morgan fingerprint density at radius 1 is 1.07 bits per heavy atom. The molecule has 2 rings (SSSR count). The Hall–Kier alpha value is -2.38. The largest absolute Gasteiger partial charge is 0.491 e. The molecule has 164 valence electrons. The molecule has 0 heterocycles. The lowest BCUT2D eigenvalue weighted by Crippen LogP contribution is -2.31. The highest BCUT2D eigenvalue weighted by molar-refractivity contribution is 7.89. The van der Waals surface area contributed by atoms with Gasteiger partial charge in [0.25, 0.3) is 5.91 Å². The van der Waals surface area contributed by atoms with Crippen LogP contribution < -0.4 is 10.1 Å². The number of nitrogens with zero attached hydrogens (tertiary/aromatic N) is 1. The third-order valence-electron chi connectivity index (χ3n) is 4.77. The predicted molar refractivity (Wildman–Crippen MR) is 120 cm³/mol. The zero-order valence-electron chi connectivity index (χ0n) is 18.4. The Morgan fingerprint density at radius 3 is 2.27 bits per heavy atom. The summed E-state index contributed by atoms with van der Waals surface area (Å²) in [7, 11) is -3.62. The van der Waals surface area contributed by atoms with Gasteiger partial charge in [-0.2, -0.15) is 4.31 Å². The molecule has 0 unspecified atom stereocenters. The molecule has 0 saturated carbocycles. The fourth-order valence-electron chi connectivity index (χ4n) is 3.15. The van der Waals surface area contributed by atoms with E-state index in [1.807, 2.05) is 38.1 Å². The van der Waals surface area contributed by atoms with E-state index in [0.29, 0.717) is 37.2 Å². The first-order valence-electron chi connectivity index (χ1n) is 10.3. The second kappa shape index (κ2) is 10.6. The predicted octanol–water partition coefficient (Wildman–Crippen LogP) is 3.79. The van der Waals surface area contributed by atoms with Crippen molar-refractivity contribution < 1.29 is 17.9 Å². The summed E-state index contributed by atoms with van der Waals surface area (Å²) in [4.78, 5) is 12.8. The molecule has 1 N–H and O–H groups in total. The van der Waals surface area contributed by atoms with Crippen molar-refractivity contribution in [3.63, 3.8) is 0 Å².